The molecule has 1 unspecified atom stereocenters. The van der Waals surface area contributed by atoms with Gasteiger partial charge in [0.1, 0.15) is 5.75 Å². The molecule has 2 aromatic rings. The van der Waals surface area contributed by atoms with Crippen molar-refractivity contribution in [3.63, 3.8) is 0 Å². The Bertz CT molecular complexity index is 542. The Hall–Kier alpha value is -1.84. The van der Waals surface area contributed by atoms with Gasteiger partial charge < -0.3 is 10.5 Å². The van der Waals surface area contributed by atoms with Crippen LogP contribution in [-0.4, -0.2) is 31.6 Å². The van der Waals surface area contributed by atoms with Crippen molar-refractivity contribution in [3.05, 3.63) is 65.7 Å². The van der Waals surface area contributed by atoms with Crippen molar-refractivity contribution in [2.24, 2.45) is 5.73 Å². The number of ether oxygens (including phenoxy) is 1. The Morgan fingerprint density at radius 1 is 1.05 bits per heavy atom. The molecule has 0 fully saturated rings. The summed E-state index contributed by atoms with van der Waals surface area (Å²) in [5.41, 5.74) is 8.48. The Morgan fingerprint density at radius 3 is 2.38 bits per heavy atom. The molecule has 0 aliphatic carbocycles. The zero-order valence-electron chi connectivity index (χ0n) is 12.8. The Labute approximate surface area is 127 Å². The van der Waals surface area contributed by atoms with E-state index < -0.39 is 0 Å². The molecule has 1 atom stereocenters. The van der Waals surface area contributed by atoms with Gasteiger partial charge in [-0.1, -0.05) is 48.5 Å². The maximum Gasteiger partial charge on any atom is 0.123 e. The van der Waals surface area contributed by atoms with Crippen molar-refractivity contribution in [1.82, 2.24) is 4.90 Å². The van der Waals surface area contributed by atoms with Crippen molar-refractivity contribution in [2.75, 3.05) is 20.7 Å². The molecule has 0 aliphatic rings. The van der Waals surface area contributed by atoms with Gasteiger partial charge in [0.15, 0.2) is 0 Å². The number of nitrogens with zero attached hydrogens (tertiary/aromatic N) is 1. The molecule has 2 aromatic carbocycles. The molecule has 0 heterocycles. The fourth-order valence-electron chi connectivity index (χ4n) is 2.54. The zero-order valence-corrected chi connectivity index (χ0v) is 12.8. The molecular weight excluding hydrogens is 260 g/mol. The highest BCUT2D eigenvalue weighted by molar-refractivity contribution is 5.33. The third kappa shape index (κ3) is 4.31. The van der Waals surface area contributed by atoms with Gasteiger partial charge in [0.25, 0.3) is 0 Å². The van der Waals surface area contributed by atoms with Crippen LogP contribution in [0.2, 0.25) is 0 Å². The molecule has 3 nitrogen and oxygen atoms in total. The molecule has 0 saturated carbocycles. The first-order chi connectivity index (χ1) is 10.2. The van der Waals surface area contributed by atoms with Gasteiger partial charge in [0.2, 0.25) is 0 Å². The van der Waals surface area contributed by atoms with E-state index in [1.807, 2.05) is 24.3 Å². The number of benzene rings is 2. The van der Waals surface area contributed by atoms with E-state index in [0.717, 1.165) is 18.7 Å². The summed E-state index contributed by atoms with van der Waals surface area (Å²) in [5.74, 6) is 0.930. The second kappa shape index (κ2) is 7.81. The predicted octanol–water partition coefficient (Wildman–Crippen LogP) is 2.70. The fourth-order valence-corrected chi connectivity index (χ4v) is 2.54. The molecule has 2 N–H and O–H groups in total. The Morgan fingerprint density at radius 2 is 1.71 bits per heavy atom. The molecule has 112 valence electrons. The van der Waals surface area contributed by atoms with Crippen LogP contribution in [0.5, 0.6) is 5.75 Å². The van der Waals surface area contributed by atoms with Crippen LogP contribution < -0.4 is 10.5 Å². The average Bonchev–Trinajstić information content (AvgIpc) is 2.54. The van der Waals surface area contributed by atoms with Gasteiger partial charge in [-0.25, -0.2) is 0 Å². The quantitative estimate of drug-likeness (QED) is 0.849. The third-order valence-corrected chi connectivity index (χ3v) is 3.82. The lowest BCUT2D eigenvalue weighted by molar-refractivity contribution is 0.234. The summed E-state index contributed by atoms with van der Waals surface area (Å²) in [7, 11) is 3.83. The fraction of sp³-hybridized carbons (Fsp3) is 0.333. The highest BCUT2D eigenvalue weighted by atomic mass is 16.5. The minimum atomic E-state index is 0.317. The number of methoxy groups -OCH3 is 1. The van der Waals surface area contributed by atoms with Gasteiger partial charge in [-0.3, -0.25) is 4.90 Å². The molecule has 3 heteroatoms. The lowest BCUT2D eigenvalue weighted by Crippen LogP contribution is -2.39. The number of nitrogens with two attached hydrogens (primary N) is 1. The van der Waals surface area contributed by atoms with E-state index >= 15 is 0 Å². The van der Waals surface area contributed by atoms with E-state index in [-0.39, 0.29) is 0 Å². The summed E-state index contributed by atoms with van der Waals surface area (Å²) in [5, 5.41) is 0. The highest BCUT2D eigenvalue weighted by Crippen LogP contribution is 2.20. The molecule has 0 spiro atoms. The van der Waals surface area contributed by atoms with Crippen molar-refractivity contribution in [3.8, 4) is 5.75 Å². The lowest BCUT2D eigenvalue weighted by Gasteiger charge is -2.27. The van der Waals surface area contributed by atoms with Crippen LogP contribution in [0, 0.1) is 0 Å². The van der Waals surface area contributed by atoms with Gasteiger partial charge in [0.05, 0.1) is 7.11 Å². The molecule has 0 aromatic heterocycles. The highest BCUT2D eigenvalue weighted by Gasteiger charge is 2.15. The number of hydrogen-bond acceptors (Lipinski definition) is 3. The van der Waals surface area contributed by atoms with E-state index in [1.165, 1.54) is 11.1 Å². The van der Waals surface area contributed by atoms with E-state index in [9.17, 15) is 0 Å². The van der Waals surface area contributed by atoms with Gasteiger partial charge in [-0.15, -0.1) is 0 Å². The summed E-state index contributed by atoms with van der Waals surface area (Å²) in [4.78, 5) is 2.30. The van der Waals surface area contributed by atoms with Crippen LogP contribution in [0.3, 0.4) is 0 Å². The van der Waals surface area contributed by atoms with Crippen LogP contribution >= 0.6 is 0 Å². The van der Waals surface area contributed by atoms with Crippen molar-refractivity contribution >= 4 is 0 Å². The molecular formula is C18H24N2O. The first-order valence-corrected chi connectivity index (χ1v) is 7.30. The standard InChI is InChI=1S/C18H24N2O/c1-20(14-16-10-6-7-11-18(16)21-2)17(13-19)12-15-8-4-3-5-9-15/h3-11,17H,12-14,19H2,1-2H3. The van der Waals surface area contributed by atoms with Crippen molar-refractivity contribution < 1.29 is 4.74 Å². The molecule has 0 radical (unpaired) electrons. The number of para-hydroxylation sites is 1. The number of likely N-dealkylation sites (N-methyl/N-ethyl adjacent to an activating group) is 1. The molecule has 2 rings (SSSR count). The number of rotatable bonds is 7. The topological polar surface area (TPSA) is 38.5 Å². The van der Waals surface area contributed by atoms with E-state index in [4.69, 9.17) is 10.5 Å². The maximum absolute atomic E-state index is 5.97. The van der Waals surface area contributed by atoms with Crippen LogP contribution in [0.25, 0.3) is 0 Å². The van der Waals surface area contributed by atoms with Gasteiger partial charge in [-0.2, -0.15) is 0 Å². The van der Waals surface area contributed by atoms with Crippen LogP contribution in [0.1, 0.15) is 11.1 Å². The SMILES string of the molecule is COc1ccccc1CN(C)C(CN)Cc1ccccc1. The van der Waals surface area contributed by atoms with E-state index in [1.54, 1.807) is 7.11 Å². The zero-order chi connectivity index (χ0) is 15.1. The molecule has 21 heavy (non-hydrogen) atoms. The van der Waals surface area contributed by atoms with Crippen LogP contribution in [0.4, 0.5) is 0 Å². The molecule has 0 saturated heterocycles. The normalized spacial score (nSPS) is 12.4. The van der Waals surface area contributed by atoms with Gasteiger partial charge in [0, 0.05) is 24.7 Å². The molecule has 0 amide bonds. The molecule has 0 aliphatic heterocycles. The van der Waals surface area contributed by atoms with Crippen molar-refractivity contribution in [1.29, 1.82) is 0 Å². The smallest absolute Gasteiger partial charge is 0.123 e. The first-order valence-electron chi connectivity index (χ1n) is 7.30. The Balaban J connectivity index is 2.04. The molecule has 0 bridgehead atoms. The summed E-state index contributed by atoms with van der Waals surface area (Å²) in [6.45, 7) is 1.47. The van der Waals surface area contributed by atoms with Crippen LogP contribution in [0.15, 0.2) is 54.6 Å². The van der Waals surface area contributed by atoms with Gasteiger partial charge >= 0.3 is 0 Å². The summed E-state index contributed by atoms with van der Waals surface area (Å²) in [6, 6.07) is 18.9. The minimum absolute atomic E-state index is 0.317. The van der Waals surface area contributed by atoms with E-state index in [0.29, 0.717) is 12.6 Å². The first kappa shape index (κ1) is 15.5. The largest absolute Gasteiger partial charge is 0.496 e. The summed E-state index contributed by atoms with van der Waals surface area (Å²) >= 11 is 0. The van der Waals surface area contributed by atoms with E-state index in [2.05, 4.69) is 42.3 Å². The van der Waals surface area contributed by atoms with Gasteiger partial charge in [-0.05, 0) is 25.1 Å². The monoisotopic (exact) mass is 284 g/mol. The Kier molecular flexibility index (Phi) is 5.78. The van der Waals surface area contributed by atoms with Crippen molar-refractivity contribution in [2.45, 2.75) is 19.0 Å². The second-order valence-electron chi connectivity index (χ2n) is 5.31. The third-order valence-electron chi connectivity index (χ3n) is 3.82. The number of hydrogen-bond donors (Lipinski definition) is 1. The predicted molar refractivity (Wildman–Crippen MR) is 87.4 cm³/mol. The van der Waals surface area contributed by atoms with Crippen LogP contribution in [-0.2, 0) is 13.0 Å². The average molecular weight is 284 g/mol. The maximum atomic E-state index is 5.97. The minimum Gasteiger partial charge on any atom is -0.496 e. The lowest BCUT2D eigenvalue weighted by atomic mass is 10.0. The summed E-state index contributed by atoms with van der Waals surface area (Å²) < 4.78 is 5.42. The second-order valence-corrected chi connectivity index (χ2v) is 5.31. The summed E-state index contributed by atoms with van der Waals surface area (Å²) in [6.07, 6.45) is 0.961.